The summed E-state index contributed by atoms with van der Waals surface area (Å²) in [7, 11) is 0. The van der Waals surface area contributed by atoms with Crippen LogP contribution in [0.2, 0.25) is 0 Å². The lowest BCUT2D eigenvalue weighted by molar-refractivity contribution is 0.170. The molecule has 1 aromatic rings. The molecule has 4 heteroatoms. The van der Waals surface area contributed by atoms with Crippen molar-refractivity contribution in [2.45, 2.75) is 32.6 Å². The fraction of sp³-hybridized carbons (Fsp3) is 0.625. The predicted molar refractivity (Wildman–Crippen MR) is 83.8 cm³/mol. The minimum absolute atomic E-state index is 0.641. The van der Waals surface area contributed by atoms with Gasteiger partial charge in [0.25, 0.3) is 0 Å². The average molecular weight is 340 g/mol. The number of fused-ring (bicyclic) bond motifs is 1. The average Bonchev–Trinajstić information content (AvgIpc) is 2.49. The molecule has 0 radical (unpaired) electrons. The van der Waals surface area contributed by atoms with Crippen LogP contribution < -0.4 is 14.8 Å². The number of nitrogens with one attached hydrogen (secondary N) is 1. The van der Waals surface area contributed by atoms with Gasteiger partial charge in [0.15, 0.2) is 11.5 Å². The summed E-state index contributed by atoms with van der Waals surface area (Å²) in [5, 5.41) is 3.44. The Hall–Kier alpha value is -0.740. The lowest BCUT2D eigenvalue weighted by Gasteiger charge is -2.26. The monoisotopic (exact) mass is 339 g/mol. The Morgan fingerprint density at radius 1 is 1.25 bits per heavy atom. The largest absolute Gasteiger partial charge is 0.486 e. The van der Waals surface area contributed by atoms with Crippen molar-refractivity contribution in [3.8, 4) is 11.5 Å². The second-order valence-corrected chi connectivity index (χ2v) is 6.40. The highest BCUT2D eigenvalue weighted by atomic mass is 79.9. The summed E-state index contributed by atoms with van der Waals surface area (Å²) < 4.78 is 12.6. The normalized spacial score (nSPS) is 19.1. The van der Waals surface area contributed by atoms with Gasteiger partial charge in [-0.1, -0.05) is 6.92 Å². The molecule has 2 aliphatic heterocycles. The molecule has 0 aliphatic carbocycles. The van der Waals surface area contributed by atoms with Crippen LogP contribution in [0.3, 0.4) is 0 Å². The van der Waals surface area contributed by atoms with E-state index in [1.165, 1.54) is 24.0 Å². The van der Waals surface area contributed by atoms with Gasteiger partial charge in [-0.15, -0.1) is 0 Å². The minimum Gasteiger partial charge on any atom is -0.486 e. The van der Waals surface area contributed by atoms with Crippen molar-refractivity contribution >= 4 is 15.9 Å². The van der Waals surface area contributed by atoms with Crippen molar-refractivity contribution in [3.63, 3.8) is 0 Å². The Balaban J connectivity index is 1.90. The lowest BCUT2D eigenvalue weighted by atomic mass is 9.88. The summed E-state index contributed by atoms with van der Waals surface area (Å²) in [6.45, 7) is 5.80. The van der Waals surface area contributed by atoms with Gasteiger partial charge >= 0.3 is 0 Å². The van der Waals surface area contributed by atoms with Gasteiger partial charge in [-0.3, -0.25) is 0 Å². The smallest absolute Gasteiger partial charge is 0.175 e. The first kappa shape index (κ1) is 14.2. The van der Waals surface area contributed by atoms with E-state index in [0.29, 0.717) is 13.2 Å². The molecule has 1 N–H and O–H groups in total. The molecule has 0 atom stereocenters. The Morgan fingerprint density at radius 2 is 2.00 bits per heavy atom. The predicted octanol–water partition coefficient (Wildman–Crippen LogP) is 3.32. The molecule has 1 aromatic carbocycles. The van der Waals surface area contributed by atoms with E-state index in [1.807, 2.05) is 0 Å². The molecule has 110 valence electrons. The van der Waals surface area contributed by atoms with Crippen LogP contribution in [0.25, 0.3) is 0 Å². The number of piperidine rings is 1. The molecular formula is C16H22BrNO2. The first-order chi connectivity index (χ1) is 9.79. The third-order valence-electron chi connectivity index (χ3n) is 4.29. The van der Waals surface area contributed by atoms with Crippen LogP contribution in [-0.2, 0) is 12.8 Å². The molecule has 2 aliphatic rings. The first-order valence-corrected chi connectivity index (χ1v) is 8.39. The first-order valence-electron chi connectivity index (χ1n) is 7.60. The zero-order chi connectivity index (χ0) is 13.9. The SMILES string of the molecule is CCc1c(CC2CCNCC2)cc2c(c1Br)OCCO2. The van der Waals surface area contributed by atoms with Crippen LogP contribution in [0.5, 0.6) is 11.5 Å². The van der Waals surface area contributed by atoms with E-state index in [4.69, 9.17) is 9.47 Å². The van der Waals surface area contributed by atoms with Crippen LogP contribution >= 0.6 is 15.9 Å². The number of benzene rings is 1. The van der Waals surface area contributed by atoms with Crippen molar-refractivity contribution in [1.82, 2.24) is 5.32 Å². The van der Waals surface area contributed by atoms with E-state index in [-0.39, 0.29) is 0 Å². The van der Waals surface area contributed by atoms with Crippen molar-refractivity contribution in [1.29, 1.82) is 0 Å². The van der Waals surface area contributed by atoms with Gasteiger partial charge in [-0.25, -0.2) is 0 Å². The Labute approximate surface area is 129 Å². The summed E-state index contributed by atoms with van der Waals surface area (Å²) in [5.41, 5.74) is 2.81. The Kier molecular flexibility index (Phi) is 4.51. The van der Waals surface area contributed by atoms with Crippen LogP contribution in [0.4, 0.5) is 0 Å². The summed E-state index contributed by atoms with van der Waals surface area (Å²) >= 11 is 3.73. The molecule has 3 nitrogen and oxygen atoms in total. The molecule has 20 heavy (non-hydrogen) atoms. The quantitative estimate of drug-likeness (QED) is 0.916. The maximum absolute atomic E-state index is 5.77. The zero-order valence-electron chi connectivity index (χ0n) is 12.0. The standard InChI is InChI=1S/C16H22BrNO2/c1-2-13-12(9-11-3-5-18-6-4-11)10-14-16(15(13)17)20-8-7-19-14/h10-11,18H,2-9H2,1H3. The van der Waals surface area contributed by atoms with E-state index in [1.54, 1.807) is 0 Å². The van der Waals surface area contributed by atoms with Gasteiger partial charge in [-0.05, 0) is 77.8 Å². The second-order valence-electron chi connectivity index (χ2n) is 5.60. The van der Waals surface area contributed by atoms with Crippen LogP contribution in [-0.4, -0.2) is 26.3 Å². The van der Waals surface area contributed by atoms with Gasteiger partial charge < -0.3 is 14.8 Å². The number of ether oxygens (including phenoxy) is 2. The maximum Gasteiger partial charge on any atom is 0.175 e. The Bertz CT molecular complexity index is 484. The highest BCUT2D eigenvalue weighted by Gasteiger charge is 2.23. The van der Waals surface area contributed by atoms with E-state index in [2.05, 4.69) is 34.2 Å². The highest BCUT2D eigenvalue weighted by molar-refractivity contribution is 9.10. The molecule has 0 bridgehead atoms. The summed E-state index contributed by atoms with van der Waals surface area (Å²) in [6, 6.07) is 2.21. The van der Waals surface area contributed by atoms with Crippen molar-refractivity contribution in [2.24, 2.45) is 5.92 Å². The fourth-order valence-electron chi connectivity index (χ4n) is 3.20. The molecule has 0 spiro atoms. The number of halogens is 1. The number of hydrogen-bond acceptors (Lipinski definition) is 3. The maximum atomic E-state index is 5.77. The van der Waals surface area contributed by atoms with Crippen molar-refractivity contribution < 1.29 is 9.47 Å². The Morgan fingerprint density at radius 3 is 2.75 bits per heavy atom. The lowest BCUT2D eigenvalue weighted by Crippen LogP contribution is -2.29. The summed E-state index contributed by atoms with van der Waals surface area (Å²) in [4.78, 5) is 0. The molecule has 1 fully saturated rings. The highest BCUT2D eigenvalue weighted by Crippen LogP contribution is 2.42. The molecule has 0 unspecified atom stereocenters. The van der Waals surface area contributed by atoms with Crippen LogP contribution in [0.15, 0.2) is 10.5 Å². The van der Waals surface area contributed by atoms with Gasteiger partial charge in [-0.2, -0.15) is 0 Å². The van der Waals surface area contributed by atoms with Gasteiger partial charge in [0.1, 0.15) is 13.2 Å². The summed E-state index contributed by atoms with van der Waals surface area (Å²) in [5.74, 6) is 2.59. The molecule has 2 heterocycles. The van der Waals surface area contributed by atoms with Crippen LogP contribution in [0, 0.1) is 5.92 Å². The van der Waals surface area contributed by atoms with Gasteiger partial charge in [0, 0.05) is 0 Å². The van der Waals surface area contributed by atoms with Crippen molar-refractivity contribution in [2.75, 3.05) is 26.3 Å². The summed E-state index contributed by atoms with van der Waals surface area (Å²) in [6.07, 6.45) is 4.72. The number of rotatable bonds is 3. The van der Waals surface area contributed by atoms with Gasteiger partial charge in [0.05, 0.1) is 4.47 Å². The number of hydrogen-bond donors (Lipinski definition) is 1. The molecule has 1 saturated heterocycles. The molecular weight excluding hydrogens is 318 g/mol. The molecule has 0 amide bonds. The molecule has 0 aromatic heterocycles. The fourth-order valence-corrected chi connectivity index (χ4v) is 4.04. The van der Waals surface area contributed by atoms with E-state index in [9.17, 15) is 0 Å². The third-order valence-corrected chi connectivity index (χ3v) is 5.13. The minimum atomic E-state index is 0.641. The second kappa shape index (κ2) is 6.35. The zero-order valence-corrected chi connectivity index (χ0v) is 13.6. The third kappa shape index (κ3) is 2.82. The van der Waals surface area contributed by atoms with E-state index in [0.717, 1.165) is 47.8 Å². The van der Waals surface area contributed by atoms with Gasteiger partial charge in [0.2, 0.25) is 0 Å². The van der Waals surface area contributed by atoms with E-state index >= 15 is 0 Å². The topological polar surface area (TPSA) is 30.5 Å². The molecule has 0 saturated carbocycles. The van der Waals surface area contributed by atoms with E-state index < -0.39 is 0 Å². The van der Waals surface area contributed by atoms with Crippen molar-refractivity contribution in [3.05, 3.63) is 21.7 Å². The van der Waals surface area contributed by atoms with Crippen LogP contribution in [0.1, 0.15) is 30.9 Å². The molecule has 3 rings (SSSR count).